The van der Waals surface area contributed by atoms with Crippen LogP contribution in [0.15, 0.2) is 255 Å². The van der Waals surface area contributed by atoms with Crippen molar-refractivity contribution in [2.24, 2.45) is 5.92 Å². The fourth-order valence-electron chi connectivity index (χ4n) is 10.4. The molecule has 11 aromatic rings. The first-order chi connectivity index (χ1) is 33.2. The van der Waals surface area contributed by atoms with E-state index in [1.54, 1.807) is 0 Å². The van der Waals surface area contributed by atoms with Gasteiger partial charge >= 0.3 is 0 Å². The highest BCUT2D eigenvalue weighted by molar-refractivity contribution is 6.16. The zero-order chi connectivity index (χ0) is 44.7. The molecule has 0 spiro atoms. The van der Waals surface area contributed by atoms with Gasteiger partial charge in [-0.2, -0.15) is 0 Å². The van der Waals surface area contributed by atoms with Crippen LogP contribution in [0.3, 0.4) is 0 Å². The summed E-state index contributed by atoms with van der Waals surface area (Å²) in [5, 5.41) is 4.97. The molecule has 0 radical (unpaired) electrons. The normalized spacial score (nSPS) is 13.6. The van der Waals surface area contributed by atoms with Gasteiger partial charge in [0.05, 0.1) is 22.4 Å². The first-order valence-corrected chi connectivity index (χ1v) is 23.4. The Labute approximate surface area is 392 Å². The van der Waals surface area contributed by atoms with Gasteiger partial charge in [0.25, 0.3) is 0 Å². The summed E-state index contributed by atoms with van der Waals surface area (Å²) in [4.78, 5) is 2.50. The first-order valence-electron chi connectivity index (χ1n) is 23.4. The van der Waals surface area contributed by atoms with E-state index in [1.807, 2.05) is 0 Å². The lowest BCUT2D eigenvalue weighted by Gasteiger charge is -2.30. The standard InChI is InChI=1S/C65H48N2/c1-45-19-14-24-50(43-45)55-32-16-22-49-23-17-34-58(64(49)55)57-30-9-12-36-61(57)67(60-35-11-8-29-54(60)48-41-39-47(40-42-48)46-20-4-2-5-21-46)53-28-15-25-51(44-53)56-33-18-38-63-65(56)59-31-10-13-37-62(59)66(63)52-26-6-3-7-27-52/h2-18,20-45H,19H2,1H3. The lowest BCUT2D eigenvalue weighted by Crippen LogP contribution is -2.12. The van der Waals surface area contributed by atoms with Crippen molar-refractivity contribution in [1.29, 1.82) is 0 Å². The van der Waals surface area contributed by atoms with E-state index in [0.717, 1.165) is 45.9 Å². The van der Waals surface area contributed by atoms with Crippen LogP contribution in [0.5, 0.6) is 0 Å². The molecule has 1 aromatic heterocycles. The number of anilines is 3. The fraction of sp³-hybridized carbons (Fsp3) is 0.0462. The van der Waals surface area contributed by atoms with Crippen LogP contribution < -0.4 is 4.90 Å². The Bertz CT molecular complexity index is 3660. The molecule has 10 aromatic carbocycles. The minimum Gasteiger partial charge on any atom is -0.309 e. The number of para-hydroxylation sites is 4. The number of benzene rings is 10. The highest BCUT2D eigenvalue weighted by atomic mass is 15.1. The maximum absolute atomic E-state index is 2.50. The zero-order valence-corrected chi connectivity index (χ0v) is 37.4. The summed E-state index contributed by atoms with van der Waals surface area (Å²) in [5.74, 6) is 0.483. The second-order valence-electron chi connectivity index (χ2n) is 17.7. The number of nitrogens with zero attached hydrogens (tertiary/aromatic N) is 2. The summed E-state index contributed by atoms with van der Waals surface area (Å²) in [7, 11) is 0. The van der Waals surface area contributed by atoms with E-state index in [9.17, 15) is 0 Å². The molecule has 2 heteroatoms. The Morgan fingerprint density at radius 1 is 0.418 bits per heavy atom. The molecule has 1 atom stereocenters. The third kappa shape index (κ3) is 7.24. The molecule has 12 rings (SSSR count). The van der Waals surface area contributed by atoms with E-state index in [0.29, 0.717) is 5.92 Å². The van der Waals surface area contributed by atoms with Gasteiger partial charge in [-0.1, -0.05) is 213 Å². The van der Waals surface area contributed by atoms with Gasteiger partial charge in [-0.3, -0.25) is 0 Å². The molecule has 0 N–H and O–H groups in total. The van der Waals surface area contributed by atoms with E-state index in [1.165, 1.54) is 71.5 Å². The quantitative estimate of drug-likeness (QED) is 0.140. The van der Waals surface area contributed by atoms with E-state index in [-0.39, 0.29) is 0 Å². The van der Waals surface area contributed by atoms with E-state index < -0.39 is 0 Å². The van der Waals surface area contributed by atoms with Crippen molar-refractivity contribution in [3.8, 4) is 50.2 Å². The number of allylic oxidation sites excluding steroid dienone is 4. The summed E-state index contributed by atoms with van der Waals surface area (Å²) in [5.41, 5.74) is 18.8. The molecule has 1 heterocycles. The van der Waals surface area contributed by atoms with Crippen molar-refractivity contribution in [2.45, 2.75) is 13.3 Å². The van der Waals surface area contributed by atoms with Crippen LogP contribution in [0.4, 0.5) is 17.1 Å². The number of fused-ring (bicyclic) bond motifs is 4. The summed E-state index contributed by atoms with van der Waals surface area (Å²) < 4.78 is 2.40. The Kier molecular flexibility index (Phi) is 10.3. The topological polar surface area (TPSA) is 8.17 Å². The maximum atomic E-state index is 2.50. The van der Waals surface area contributed by atoms with Gasteiger partial charge in [0, 0.05) is 33.3 Å². The number of hydrogen-bond acceptors (Lipinski definition) is 1. The average molecular weight is 857 g/mol. The van der Waals surface area contributed by atoms with Gasteiger partial charge in [0.15, 0.2) is 0 Å². The molecule has 0 saturated carbocycles. The first kappa shape index (κ1) is 40.1. The summed E-state index contributed by atoms with van der Waals surface area (Å²) >= 11 is 0. The van der Waals surface area contributed by atoms with Crippen LogP contribution >= 0.6 is 0 Å². The van der Waals surface area contributed by atoms with Gasteiger partial charge in [0.2, 0.25) is 0 Å². The molecule has 2 nitrogen and oxygen atoms in total. The van der Waals surface area contributed by atoms with Gasteiger partial charge in [0.1, 0.15) is 0 Å². The predicted octanol–water partition coefficient (Wildman–Crippen LogP) is 18.1. The second kappa shape index (κ2) is 17.2. The monoisotopic (exact) mass is 856 g/mol. The zero-order valence-electron chi connectivity index (χ0n) is 37.4. The van der Waals surface area contributed by atoms with Crippen molar-refractivity contribution in [3.05, 3.63) is 260 Å². The minimum absolute atomic E-state index is 0.483. The minimum atomic E-state index is 0.483. The van der Waals surface area contributed by atoms with Crippen LogP contribution in [-0.4, -0.2) is 4.57 Å². The molecule has 0 amide bonds. The highest BCUT2D eigenvalue weighted by Gasteiger charge is 2.24. The number of hydrogen-bond donors (Lipinski definition) is 0. The second-order valence-corrected chi connectivity index (χ2v) is 17.7. The van der Waals surface area contributed by atoms with Crippen molar-refractivity contribution in [3.63, 3.8) is 0 Å². The summed E-state index contributed by atoms with van der Waals surface area (Å²) in [6.45, 7) is 2.31. The van der Waals surface area contributed by atoms with Crippen LogP contribution in [0, 0.1) is 5.92 Å². The molecule has 318 valence electrons. The SMILES string of the molecule is CC1C=C(c2cccc3cccc(-c4ccccc4N(c4cccc(-c5cccc6c5c5ccccc5n6-c5ccccc5)c4)c4ccccc4-c4ccc(-c5ccccc5)cc4)c23)C=CC1. The molecule has 0 saturated heterocycles. The molecule has 0 fully saturated rings. The molecule has 0 bridgehead atoms. The van der Waals surface area contributed by atoms with E-state index >= 15 is 0 Å². The molecule has 0 aliphatic heterocycles. The van der Waals surface area contributed by atoms with Crippen molar-refractivity contribution >= 4 is 55.2 Å². The summed E-state index contributed by atoms with van der Waals surface area (Å²) in [6.07, 6.45) is 8.14. The Morgan fingerprint density at radius 3 is 1.78 bits per heavy atom. The molecule has 67 heavy (non-hydrogen) atoms. The smallest absolute Gasteiger partial charge is 0.0547 e. The van der Waals surface area contributed by atoms with Crippen molar-refractivity contribution in [1.82, 2.24) is 4.57 Å². The van der Waals surface area contributed by atoms with E-state index in [2.05, 4.69) is 271 Å². The van der Waals surface area contributed by atoms with Gasteiger partial charge in [-0.05, 0) is 116 Å². The maximum Gasteiger partial charge on any atom is 0.0547 e. The fourth-order valence-corrected chi connectivity index (χ4v) is 10.4. The lowest BCUT2D eigenvalue weighted by atomic mass is 9.87. The predicted molar refractivity (Wildman–Crippen MR) is 286 cm³/mol. The molecule has 1 unspecified atom stereocenters. The highest BCUT2D eigenvalue weighted by Crippen LogP contribution is 2.48. The molecule has 1 aliphatic carbocycles. The van der Waals surface area contributed by atoms with Gasteiger partial charge < -0.3 is 9.47 Å². The van der Waals surface area contributed by atoms with E-state index in [4.69, 9.17) is 0 Å². The van der Waals surface area contributed by atoms with Gasteiger partial charge in [-0.15, -0.1) is 0 Å². The third-order valence-electron chi connectivity index (χ3n) is 13.5. The largest absolute Gasteiger partial charge is 0.309 e. The average Bonchev–Trinajstić information content (AvgIpc) is 3.74. The van der Waals surface area contributed by atoms with Crippen LogP contribution in [0.1, 0.15) is 18.9 Å². The van der Waals surface area contributed by atoms with Gasteiger partial charge in [-0.25, -0.2) is 0 Å². The third-order valence-corrected chi connectivity index (χ3v) is 13.5. The van der Waals surface area contributed by atoms with Crippen molar-refractivity contribution in [2.75, 3.05) is 4.90 Å². The Hall–Kier alpha value is -8.46. The summed E-state index contributed by atoms with van der Waals surface area (Å²) in [6, 6.07) is 86.5. The van der Waals surface area contributed by atoms with Crippen LogP contribution in [0.25, 0.3) is 88.3 Å². The Morgan fingerprint density at radius 2 is 0.985 bits per heavy atom. The van der Waals surface area contributed by atoms with Crippen molar-refractivity contribution < 1.29 is 0 Å². The Balaban J connectivity index is 1.09. The van der Waals surface area contributed by atoms with Crippen LogP contribution in [-0.2, 0) is 0 Å². The molecular weight excluding hydrogens is 809 g/mol. The molecule has 1 aliphatic rings. The number of aromatic nitrogens is 1. The number of rotatable bonds is 9. The van der Waals surface area contributed by atoms with Crippen LogP contribution in [0.2, 0.25) is 0 Å². The lowest BCUT2D eigenvalue weighted by molar-refractivity contribution is 0.740. The molecular formula is C65H48N2.